The molecule has 8 nitrogen and oxygen atoms in total. The first-order valence-corrected chi connectivity index (χ1v) is 5.40. The Morgan fingerprint density at radius 2 is 2.05 bits per heavy atom. The molecule has 2 aromatic heterocycles. The van der Waals surface area contributed by atoms with E-state index in [0.29, 0.717) is 12.2 Å². The number of aromatic nitrogens is 3. The van der Waals surface area contributed by atoms with E-state index < -0.39 is 11.8 Å². The molecule has 0 unspecified atom stereocenters. The number of carbonyl (C=O) groups is 2. The van der Waals surface area contributed by atoms with Crippen LogP contribution in [0, 0.1) is 0 Å². The minimum absolute atomic E-state index is 0.177. The van der Waals surface area contributed by atoms with Crippen LogP contribution in [0.15, 0.2) is 30.5 Å². The number of hydrogen-bond acceptors (Lipinski definition) is 5. The minimum atomic E-state index is -0.594. The number of pyridine rings is 1. The number of hydrogen-bond donors (Lipinski definition) is 3. The largest absolute Gasteiger partial charge is 0.364 e. The van der Waals surface area contributed by atoms with Crippen molar-refractivity contribution in [2.24, 2.45) is 11.6 Å². The fraction of sp³-hybridized carbons (Fsp3) is 0.0909. The lowest BCUT2D eigenvalue weighted by molar-refractivity contribution is 0.0947. The van der Waals surface area contributed by atoms with Gasteiger partial charge in [0.05, 0.1) is 12.2 Å². The van der Waals surface area contributed by atoms with Crippen molar-refractivity contribution in [3.8, 4) is 0 Å². The van der Waals surface area contributed by atoms with Crippen LogP contribution in [0.25, 0.3) is 0 Å². The van der Waals surface area contributed by atoms with Crippen molar-refractivity contribution in [1.29, 1.82) is 0 Å². The van der Waals surface area contributed by atoms with Crippen LogP contribution in [0.3, 0.4) is 0 Å². The molecule has 0 fully saturated rings. The molecule has 0 bridgehead atoms. The van der Waals surface area contributed by atoms with Crippen molar-refractivity contribution in [2.75, 3.05) is 0 Å². The van der Waals surface area contributed by atoms with Gasteiger partial charge in [-0.05, 0) is 18.2 Å². The first-order chi connectivity index (χ1) is 9.10. The van der Waals surface area contributed by atoms with Gasteiger partial charge in [-0.25, -0.2) is 10.8 Å². The van der Waals surface area contributed by atoms with Crippen LogP contribution < -0.4 is 17.0 Å². The summed E-state index contributed by atoms with van der Waals surface area (Å²) in [6, 6.07) is 6.48. The van der Waals surface area contributed by atoms with Gasteiger partial charge in [0.2, 0.25) is 0 Å². The van der Waals surface area contributed by atoms with Crippen LogP contribution in [0.1, 0.15) is 26.7 Å². The number of rotatable bonds is 4. The summed E-state index contributed by atoms with van der Waals surface area (Å²) in [5, 5.41) is 3.98. The molecule has 5 N–H and O–H groups in total. The van der Waals surface area contributed by atoms with Gasteiger partial charge in [0.1, 0.15) is 11.4 Å². The van der Waals surface area contributed by atoms with Crippen LogP contribution in [0.4, 0.5) is 0 Å². The second-order valence-electron chi connectivity index (χ2n) is 3.75. The maximum absolute atomic E-state index is 11.3. The molecule has 2 aromatic rings. The molecular weight excluding hydrogens is 248 g/mol. The van der Waals surface area contributed by atoms with Gasteiger partial charge >= 0.3 is 0 Å². The number of nitrogens with zero attached hydrogens (tertiary/aromatic N) is 3. The third-order valence-electron chi connectivity index (χ3n) is 2.39. The van der Waals surface area contributed by atoms with Gasteiger partial charge < -0.3 is 5.73 Å². The number of nitrogen functional groups attached to an aromatic ring is 1. The highest BCUT2D eigenvalue weighted by atomic mass is 16.2. The Morgan fingerprint density at radius 3 is 2.68 bits per heavy atom. The lowest BCUT2D eigenvalue weighted by Crippen LogP contribution is -2.30. The van der Waals surface area contributed by atoms with E-state index in [1.807, 2.05) is 5.43 Å². The minimum Gasteiger partial charge on any atom is -0.364 e. The fourth-order valence-corrected chi connectivity index (χ4v) is 1.52. The van der Waals surface area contributed by atoms with E-state index in [2.05, 4.69) is 10.1 Å². The highest BCUT2D eigenvalue weighted by molar-refractivity contribution is 5.91. The topological polar surface area (TPSA) is 129 Å². The van der Waals surface area contributed by atoms with Gasteiger partial charge in [0, 0.05) is 6.20 Å². The smallest absolute Gasteiger partial charge is 0.283 e. The summed E-state index contributed by atoms with van der Waals surface area (Å²) in [6.07, 6.45) is 1.61. The molecule has 8 heteroatoms. The average Bonchev–Trinajstić information content (AvgIpc) is 2.87. The molecule has 0 aliphatic rings. The van der Waals surface area contributed by atoms with E-state index >= 15 is 0 Å². The summed E-state index contributed by atoms with van der Waals surface area (Å²) in [5.74, 6) is 3.97. The standard InChI is InChI=1S/C11H12N6O2/c12-10(18)8-4-5-17(16-8)6-7-2-1-3-9(14-7)11(19)15-13/h1-5H,6,13H2,(H2,12,18)(H,15,19). The second kappa shape index (κ2) is 5.27. The third kappa shape index (κ3) is 2.93. The molecule has 19 heavy (non-hydrogen) atoms. The first-order valence-electron chi connectivity index (χ1n) is 5.40. The number of nitrogens with one attached hydrogen (secondary N) is 1. The van der Waals surface area contributed by atoms with Crippen LogP contribution >= 0.6 is 0 Å². The molecule has 0 aliphatic carbocycles. The molecule has 0 saturated carbocycles. The summed E-state index contributed by atoms with van der Waals surface area (Å²) in [4.78, 5) is 26.4. The lowest BCUT2D eigenvalue weighted by Gasteiger charge is -2.03. The molecule has 0 radical (unpaired) electrons. The Labute approximate surface area is 108 Å². The third-order valence-corrected chi connectivity index (χ3v) is 2.39. The van der Waals surface area contributed by atoms with Gasteiger partial charge in [-0.15, -0.1) is 0 Å². The van der Waals surface area contributed by atoms with Crippen molar-refractivity contribution < 1.29 is 9.59 Å². The Morgan fingerprint density at radius 1 is 1.26 bits per heavy atom. The number of primary amides is 1. The molecular formula is C11H12N6O2. The van der Waals surface area contributed by atoms with Crippen molar-refractivity contribution in [1.82, 2.24) is 20.2 Å². The Hall–Kier alpha value is -2.74. The molecule has 0 saturated heterocycles. The molecule has 2 rings (SSSR count). The van der Waals surface area contributed by atoms with Crippen LogP contribution in [0.2, 0.25) is 0 Å². The molecule has 98 valence electrons. The van der Waals surface area contributed by atoms with Gasteiger partial charge in [0.15, 0.2) is 0 Å². The van der Waals surface area contributed by atoms with Crippen molar-refractivity contribution in [3.05, 3.63) is 47.5 Å². The first kappa shape index (κ1) is 12.7. The monoisotopic (exact) mass is 260 g/mol. The summed E-state index contributed by atoms with van der Waals surface area (Å²) < 4.78 is 1.51. The summed E-state index contributed by atoms with van der Waals surface area (Å²) in [5.41, 5.74) is 8.11. The SMILES string of the molecule is NNC(=O)c1cccc(Cn2ccc(C(N)=O)n2)n1. The predicted octanol–water partition coefficient (Wildman–Crippen LogP) is -0.971. The zero-order valence-electron chi connectivity index (χ0n) is 9.91. The van der Waals surface area contributed by atoms with Gasteiger partial charge in [0.25, 0.3) is 11.8 Å². The van der Waals surface area contributed by atoms with Crippen LogP contribution in [-0.2, 0) is 6.54 Å². The predicted molar refractivity (Wildman–Crippen MR) is 65.7 cm³/mol. The van der Waals surface area contributed by atoms with Crippen molar-refractivity contribution in [3.63, 3.8) is 0 Å². The Kier molecular flexibility index (Phi) is 3.53. The number of carbonyl (C=O) groups excluding carboxylic acids is 2. The van der Waals surface area contributed by atoms with Crippen molar-refractivity contribution in [2.45, 2.75) is 6.54 Å². The van der Waals surface area contributed by atoms with E-state index in [1.54, 1.807) is 24.4 Å². The van der Waals surface area contributed by atoms with Crippen LogP contribution in [0.5, 0.6) is 0 Å². The van der Waals surface area contributed by atoms with Gasteiger partial charge in [-0.1, -0.05) is 6.07 Å². The Bertz CT molecular complexity index is 621. The maximum atomic E-state index is 11.3. The van der Waals surface area contributed by atoms with Gasteiger partial charge in [-0.3, -0.25) is 19.7 Å². The summed E-state index contributed by atoms with van der Waals surface area (Å²) in [7, 11) is 0. The van der Waals surface area contributed by atoms with E-state index in [4.69, 9.17) is 11.6 Å². The van der Waals surface area contributed by atoms with E-state index in [-0.39, 0.29) is 11.4 Å². The molecule has 0 aromatic carbocycles. The fourth-order valence-electron chi connectivity index (χ4n) is 1.52. The summed E-state index contributed by atoms with van der Waals surface area (Å²) >= 11 is 0. The van der Waals surface area contributed by atoms with Gasteiger partial charge in [-0.2, -0.15) is 5.10 Å². The highest BCUT2D eigenvalue weighted by Crippen LogP contribution is 2.03. The van der Waals surface area contributed by atoms with Crippen LogP contribution in [-0.4, -0.2) is 26.6 Å². The molecule has 0 atom stereocenters. The van der Waals surface area contributed by atoms with E-state index in [1.165, 1.54) is 10.7 Å². The van der Waals surface area contributed by atoms with Crippen molar-refractivity contribution >= 4 is 11.8 Å². The average molecular weight is 260 g/mol. The second-order valence-corrected chi connectivity index (χ2v) is 3.75. The molecule has 0 spiro atoms. The lowest BCUT2D eigenvalue weighted by atomic mass is 10.3. The molecule has 0 aliphatic heterocycles. The number of hydrazine groups is 1. The number of nitrogens with two attached hydrogens (primary N) is 2. The zero-order valence-corrected chi connectivity index (χ0v) is 9.91. The quantitative estimate of drug-likeness (QED) is 0.370. The molecule has 2 amide bonds. The Balaban J connectivity index is 2.18. The normalized spacial score (nSPS) is 10.2. The molecule has 2 heterocycles. The maximum Gasteiger partial charge on any atom is 0.283 e. The highest BCUT2D eigenvalue weighted by Gasteiger charge is 2.08. The number of amides is 2. The van der Waals surface area contributed by atoms with E-state index in [9.17, 15) is 9.59 Å². The summed E-state index contributed by atoms with van der Waals surface area (Å²) in [6.45, 7) is 0.318. The van der Waals surface area contributed by atoms with E-state index in [0.717, 1.165) is 0 Å². The zero-order chi connectivity index (χ0) is 13.8.